The number of nitrogens with zero attached hydrogens (tertiary/aromatic N) is 1. The highest BCUT2D eigenvalue weighted by molar-refractivity contribution is 5.97. The summed E-state index contributed by atoms with van der Waals surface area (Å²) in [6, 6.07) is 2.69. The molecule has 1 atom stereocenters. The van der Waals surface area contributed by atoms with Crippen molar-refractivity contribution in [3.8, 4) is 0 Å². The molecule has 104 valence electrons. The van der Waals surface area contributed by atoms with Gasteiger partial charge in [-0.25, -0.2) is 4.98 Å². The Kier molecular flexibility index (Phi) is 5.29. The molecule has 6 nitrogen and oxygen atoms in total. The second-order valence-electron chi connectivity index (χ2n) is 4.54. The van der Waals surface area contributed by atoms with E-state index in [0.717, 1.165) is 0 Å². The van der Waals surface area contributed by atoms with E-state index in [4.69, 9.17) is 0 Å². The fraction of sp³-hybridized carbons (Fsp3) is 0.462. The maximum absolute atomic E-state index is 12.0. The van der Waals surface area contributed by atoms with Crippen molar-refractivity contribution in [2.45, 2.75) is 32.9 Å². The smallest absolute Gasteiger partial charge is 0.252 e. The number of hydrogen-bond donors (Lipinski definition) is 3. The molecule has 3 N–H and O–H groups in total. The molecule has 0 fully saturated rings. The maximum atomic E-state index is 12.0. The topological polar surface area (TPSA) is 83.1 Å². The average Bonchev–Trinajstić information content (AvgIpc) is 2.37. The first-order chi connectivity index (χ1) is 8.93. The molecular formula is C13H20N4O2. The summed E-state index contributed by atoms with van der Waals surface area (Å²) in [5.41, 5.74) is 0.462. The summed E-state index contributed by atoms with van der Waals surface area (Å²) in [5.74, 6) is 0.100. The van der Waals surface area contributed by atoms with Gasteiger partial charge < -0.3 is 16.0 Å². The Morgan fingerprint density at radius 1 is 1.21 bits per heavy atom. The quantitative estimate of drug-likeness (QED) is 0.733. The molecule has 0 aromatic carbocycles. The van der Waals surface area contributed by atoms with Crippen molar-refractivity contribution in [1.82, 2.24) is 15.6 Å². The third-order valence-electron chi connectivity index (χ3n) is 2.45. The number of hydrogen-bond acceptors (Lipinski definition) is 4. The van der Waals surface area contributed by atoms with Crippen LogP contribution in [-0.4, -0.2) is 35.9 Å². The van der Waals surface area contributed by atoms with Gasteiger partial charge in [0, 0.05) is 24.8 Å². The fourth-order valence-corrected chi connectivity index (χ4v) is 1.46. The summed E-state index contributed by atoms with van der Waals surface area (Å²) in [7, 11) is 1.72. The van der Waals surface area contributed by atoms with Gasteiger partial charge in [0.25, 0.3) is 5.91 Å². The molecule has 0 saturated carbocycles. The van der Waals surface area contributed by atoms with Crippen LogP contribution in [-0.2, 0) is 4.79 Å². The molecule has 1 rings (SSSR count). The van der Waals surface area contributed by atoms with Crippen molar-refractivity contribution in [3.05, 3.63) is 23.9 Å². The first-order valence-corrected chi connectivity index (χ1v) is 6.19. The van der Waals surface area contributed by atoms with Crippen molar-refractivity contribution < 1.29 is 9.59 Å². The molecule has 6 heteroatoms. The van der Waals surface area contributed by atoms with Gasteiger partial charge in [-0.1, -0.05) is 0 Å². The molecule has 1 aromatic heterocycles. The van der Waals surface area contributed by atoms with Crippen molar-refractivity contribution in [2.75, 3.05) is 12.4 Å². The fourth-order valence-electron chi connectivity index (χ4n) is 1.46. The largest absolute Gasteiger partial charge is 0.373 e. The Bertz CT molecular complexity index is 460. The van der Waals surface area contributed by atoms with Gasteiger partial charge in [0.1, 0.15) is 11.9 Å². The van der Waals surface area contributed by atoms with E-state index >= 15 is 0 Å². The molecule has 0 saturated heterocycles. The summed E-state index contributed by atoms with van der Waals surface area (Å²) in [4.78, 5) is 27.7. The van der Waals surface area contributed by atoms with E-state index in [1.165, 1.54) is 0 Å². The van der Waals surface area contributed by atoms with Crippen LogP contribution in [0, 0.1) is 0 Å². The van der Waals surface area contributed by atoms with Crippen LogP contribution in [0.3, 0.4) is 0 Å². The monoisotopic (exact) mass is 264 g/mol. The molecule has 1 aromatic rings. The summed E-state index contributed by atoms with van der Waals surface area (Å²) in [6.45, 7) is 5.39. The van der Waals surface area contributed by atoms with Gasteiger partial charge in [-0.05, 0) is 32.9 Å². The van der Waals surface area contributed by atoms with Crippen LogP contribution in [0.4, 0.5) is 5.82 Å². The van der Waals surface area contributed by atoms with E-state index in [0.29, 0.717) is 11.4 Å². The van der Waals surface area contributed by atoms with Crippen LogP contribution in [0.15, 0.2) is 18.3 Å². The molecule has 0 aliphatic rings. The molecule has 0 radical (unpaired) electrons. The van der Waals surface area contributed by atoms with E-state index in [-0.39, 0.29) is 17.9 Å². The van der Waals surface area contributed by atoms with E-state index in [9.17, 15) is 9.59 Å². The summed E-state index contributed by atoms with van der Waals surface area (Å²) in [5, 5.41) is 8.24. The van der Waals surface area contributed by atoms with Gasteiger partial charge in [0.05, 0.1) is 0 Å². The number of carbonyl (C=O) groups excluding carboxylic acids is 2. The molecular weight excluding hydrogens is 244 g/mol. The lowest BCUT2D eigenvalue weighted by molar-refractivity contribution is -0.123. The number of nitrogens with one attached hydrogen (secondary N) is 3. The van der Waals surface area contributed by atoms with Crippen LogP contribution < -0.4 is 16.0 Å². The number of carbonyl (C=O) groups is 2. The minimum Gasteiger partial charge on any atom is -0.373 e. The van der Waals surface area contributed by atoms with Gasteiger partial charge in [-0.2, -0.15) is 0 Å². The molecule has 0 aliphatic heterocycles. The minimum absolute atomic E-state index is 0.0451. The normalized spacial score (nSPS) is 11.8. The third-order valence-corrected chi connectivity index (χ3v) is 2.45. The van der Waals surface area contributed by atoms with Crippen LogP contribution in [0.5, 0.6) is 0 Å². The molecule has 1 heterocycles. The number of rotatable bonds is 5. The van der Waals surface area contributed by atoms with Gasteiger partial charge in [0.15, 0.2) is 0 Å². The van der Waals surface area contributed by atoms with E-state index in [1.54, 1.807) is 32.3 Å². The van der Waals surface area contributed by atoms with Gasteiger partial charge >= 0.3 is 0 Å². The van der Waals surface area contributed by atoms with Gasteiger partial charge in [-0.15, -0.1) is 0 Å². The zero-order valence-electron chi connectivity index (χ0n) is 11.7. The number of aromatic nitrogens is 1. The maximum Gasteiger partial charge on any atom is 0.252 e. The van der Waals surface area contributed by atoms with E-state index < -0.39 is 6.04 Å². The zero-order valence-corrected chi connectivity index (χ0v) is 11.7. The van der Waals surface area contributed by atoms with Gasteiger partial charge in [-0.3, -0.25) is 9.59 Å². The number of pyridine rings is 1. The minimum atomic E-state index is -0.582. The SMILES string of the molecule is CNc1cc(C(=O)NC(C)C(=O)NC(C)C)ccn1. The standard InChI is InChI=1S/C13H20N4O2/c1-8(2)16-12(18)9(3)17-13(19)10-5-6-15-11(7-10)14-4/h5-9H,1-4H3,(H,14,15)(H,16,18)(H,17,19). The summed E-state index contributed by atoms with van der Waals surface area (Å²) < 4.78 is 0. The predicted octanol–water partition coefficient (Wildman–Crippen LogP) is 0.766. The first kappa shape index (κ1) is 14.9. The Hall–Kier alpha value is -2.11. The third kappa shape index (κ3) is 4.57. The molecule has 19 heavy (non-hydrogen) atoms. The van der Waals surface area contributed by atoms with Crippen LogP contribution in [0.25, 0.3) is 0 Å². The Balaban J connectivity index is 2.65. The lowest BCUT2D eigenvalue weighted by Crippen LogP contribution is -2.46. The molecule has 0 bridgehead atoms. The second-order valence-corrected chi connectivity index (χ2v) is 4.54. The van der Waals surface area contributed by atoms with Crippen molar-refractivity contribution in [3.63, 3.8) is 0 Å². The lowest BCUT2D eigenvalue weighted by Gasteiger charge is -2.16. The number of anilines is 1. The highest BCUT2D eigenvalue weighted by Crippen LogP contribution is 2.06. The summed E-state index contributed by atoms with van der Waals surface area (Å²) in [6.07, 6.45) is 1.54. The average molecular weight is 264 g/mol. The Morgan fingerprint density at radius 2 is 1.89 bits per heavy atom. The Labute approximate surface area is 113 Å². The van der Waals surface area contributed by atoms with E-state index in [2.05, 4.69) is 20.9 Å². The van der Waals surface area contributed by atoms with Crippen molar-refractivity contribution >= 4 is 17.6 Å². The van der Waals surface area contributed by atoms with E-state index in [1.807, 2.05) is 13.8 Å². The second kappa shape index (κ2) is 6.72. The molecule has 2 amide bonds. The predicted molar refractivity (Wildman–Crippen MR) is 74.0 cm³/mol. The lowest BCUT2D eigenvalue weighted by atomic mass is 10.2. The highest BCUT2D eigenvalue weighted by Gasteiger charge is 2.17. The van der Waals surface area contributed by atoms with Crippen LogP contribution in [0.2, 0.25) is 0 Å². The van der Waals surface area contributed by atoms with Crippen molar-refractivity contribution in [2.24, 2.45) is 0 Å². The van der Waals surface area contributed by atoms with Crippen LogP contribution >= 0.6 is 0 Å². The first-order valence-electron chi connectivity index (χ1n) is 6.19. The Morgan fingerprint density at radius 3 is 2.47 bits per heavy atom. The van der Waals surface area contributed by atoms with Crippen molar-refractivity contribution in [1.29, 1.82) is 0 Å². The zero-order chi connectivity index (χ0) is 14.4. The highest BCUT2D eigenvalue weighted by atomic mass is 16.2. The summed E-state index contributed by atoms with van der Waals surface area (Å²) >= 11 is 0. The number of amides is 2. The molecule has 0 aliphatic carbocycles. The molecule has 1 unspecified atom stereocenters. The molecule has 0 spiro atoms. The van der Waals surface area contributed by atoms with Gasteiger partial charge in [0.2, 0.25) is 5.91 Å². The van der Waals surface area contributed by atoms with Crippen LogP contribution in [0.1, 0.15) is 31.1 Å².